The minimum atomic E-state index is -0.537. The van der Waals surface area contributed by atoms with Crippen molar-refractivity contribution in [1.82, 2.24) is 0 Å². The number of carbonyl (C=O) groups is 1. The van der Waals surface area contributed by atoms with Crippen molar-refractivity contribution in [3.8, 4) is 0 Å². The minimum Gasteiger partial charge on any atom is -0.438 e. The second kappa shape index (κ2) is 7.66. The third kappa shape index (κ3) is 3.66. The van der Waals surface area contributed by atoms with E-state index in [2.05, 4.69) is 10.3 Å². The van der Waals surface area contributed by atoms with Gasteiger partial charge < -0.3 is 9.73 Å². The number of carbonyl (C=O) groups excluding carboxylic acids is 1. The van der Waals surface area contributed by atoms with Gasteiger partial charge in [-0.15, -0.1) is 0 Å². The van der Waals surface area contributed by atoms with Gasteiger partial charge in [-0.25, -0.2) is 9.38 Å². The minimum absolute atomic E-state index is 0.0735. The Labute approximate surface area is 164 Å². The average molecular weight is 393 g/mol. The Morgan fingerprint density at radius 1 is 0.964 bits per heavy atom. The third-order valence-electron chi connectivity index (χ3n) is 4.10. The number of hydrogen-bond acceptors (Lipinski definition) is 3. The van der Waals surface area contributed by atoms with Crippen molar-refractivity contribution in [2.45, 2.75) is 0 Å². The Morgan fingerprint density at radius 2 is 1.68 bits per heavy atom. The fourth-order valence-corrected chi connectivity index (χ4v) is 2.90. The Morgan fingerprint density at radius 3 is 2.50 bits per heavy atom. The average Bonchev–Trinajstić information content (AvgIpc) is 2.71. The Balaban J connectivity index is 1.87. The molecule has 138 valence electrons. The lowest BCUT2D eigenvalue weighted by atomic mass is 10.1. The van der Waals surface area contributed by atoms with Gasteiger partial charge in [-0.05, 0) is 36.4 Å². The maximum atomic E-state index is 13.9. The molecule has 0 spiro atoms. The number of rotatable bonds is 3. The predicted octanol–water partition coefficient (Wildman–Crippen LogP) is 5.71. The summed E-state index contributed by atoms with van der Waals surface area (Å²) in [6.07, 6.45) is 0. The summed E-state index contributed by atoms with van der Waals surface area (Å²) in [7, 11) is 0. The number of para-hydroxylation sites is 3. The first-order chi connectivity index (χ1) is 13.6. The summed E-state index contributed by atoms with van der Waals surface area (Å²) in [4.78, 5) is 17.3. The van der Waals surface area contributed by atoms with Gasteiger partial charge in [-0.2, -0.15) is 0 Å². The zero-order valence-corrected chi connectivity index (χ0v) is 15.3. The van der Waals surface area contributed by atoms with Crippen LogP contribution in [0.25, 0.3) is 11.0 Å². The van der Waals surface area contributed by atoms with E-state index in [1.807, 2.05) is 18.2 Å². The standard InChI is InChI=1S/C22H14ClFN2O2/c23-16-8-2-4-10-18(16)26-22-15(13-14-7-1-6-12-20(14)28-22)21(27)25-19-11-5-3-9-17(19)24/h1-13H,(H,25,27). The number of fused-ring (bicyclic) bond motifs is 1. The lowest BCUT2D eigenvalue weighted by Crippen LogP contribution is -2.22. The summed E-state index contributed by atoms with van der Waals surface area (Å²) in [5.41, 5.74) is 1.35. The molecule has 3 aromatic carbocycles. The summed E-state index contributed by atoms with van der Waals surface area (Å²) in [5, 5.41) is 3.71. The Hall–Kier alpha value is -3.44. The van der Waals surface area contributed by atoms with E-state index in [4.69, 9.17) is 16.0 Å². The second-order valence-electron chi connectivity index (χ2n) is 6.00. The van der Waals surface area contributed by atoms with Crippen molar-refractivity contribution in [2.75, 3.05) is 5.32 Å². The molecule has 1 N–H and O–H groups in total. The fourth-order valence-electron chi connectivity index (χ4n) is 2.72. The van der Waals surface area contributed by atoms with Gasteiger partial charge in [0.05, 0.1) is 16.4 Å². The van der Waals surface area contributed by atoms with Gasteiger partial charge in [-0.3, -0.25) is 4.79 Å². The molecule has 4 aromatic rings. The summed E-state index contributed by atoms with van der Waals surface area (Å²) < 4.78 is 19.8. The summed E-state index contributed by atoms with van der Waals surface area (Å²) in [6.45, 7) is 0. The SMILES string of the molecule is O=C(Nc1ccccc1F)c1cc2ccccc2oc1=Nc1ccccc1Cl. The highest BCUT2D eigenvalue weighted by Crippen LogP contribution is 2.24. The molecule has 0 fully saturated rings. The molecule has 0 aliphatic carbocycles. The van der Waals surface area contributed by atoms with Crippen molar-refractivity contribution in [3.05, 3.63) is 101 Å². The van der Waals surface area contributed by atoms with Crippen molar-refractivity contribution >= 4 is 39.9 Å². The van der Waals surface area contributed by atoms with Crippen LogP contribution < -0.4 is 10.9 Å². The number of nitrogens with zero attached hydrogens (tertiary/aromatic N) is 1. The van der Waals surface area contributed by atoms with Crippen LogP contribution in [-0.2, 0) is 0 Å². The van der Waals surface area contributed by atoms with E-state index >= 15 is 0 Å². The maximum Gasteiger partial charge on any atom is 0.261 e. The molecule has 1 aromatic heterocycles. The van der Waals surface area contributed by atoms with Gasteiger partial charge in [0.2, 0.25) is 5.55 Å². The van der Waals surface area contributed by atoms with Crippen molar-refractivity contribution in [3.63, 3.8) is 0 Å². The van der Waals surface area contributed by atoms with Gasteiger partial charge in [0, 0.05) is 5.39 Å². The molecule has 0 bridgehead atoms. The summed E-state index contributed by atoms with van der Waals surface area (Å²) >= 11 is 6.19. The van der Waals surface area contributed by atoms with Gasteiger partial charge in [-0.1, -0.05) is 54.1 Å². The lowest BCUT2D eigenvalue weighted by Gasteiger charge is -2.08. The smallest absolute Gasteiger partial charge is 0.261 e. The van der Waals surface area contributed by atoms with E-state index in [1.54, 1.807) is 48.5 Å². The van der Waals surface area contributed by atoms with E-state index in [-0.39, 0.29) is 16.8 Å². The van der Waals surface area contributed by atoms with E-state index in [0.29, 0.717) is 16.3 Å². The van der Waals surface area contributed by atoms with Crippen LogP contribution in [0.1, 0.15) is 10.4 Å². The van der Waals surface area contributed by atoms with Crippen LogP contribution in [0, 0.1) is 5.82 Å². The topological polar surface area (TPSA) is 54.6 Å². The van der Waals surface area contributed by atoms with Crippen LogP contribution in [0.3, 0.4) is 0 Å². The number of anilines is 1. The van der Waals surface area contributed by atoms with Crippen LogP contribution >= 0.6 is 11.6 Å². The van der Waals surface area contributed by atoms with E-state index in [0.717, 1.165) is 5.39 Å². The highest BCUT2D eigenvalue weighted by molar-refractivity contribution is 6.32. The molecular formula is C22H14ClFN2O2. The first-order valence-corrected chi connectivity index (χ1v) is 8.87. The molecule has 4 rings (SSSR count). The number of nitrogens with one attached hydrogen (secondary N) is 1. The summed E-state index contributed by atoms with van der Waals surface area (Å²) in [6, 6.07) is 21.8. The molecule has 0 saturated heterocycles. The maximum absolute atomic E-state index is 13.9. The zero-order chi connectivity index (χ0) is 19.5. The van der Waals surface area contributed by atoms with Crippen molar-refractivity contribution in [2.24, 2.45) is 4.99 Å². The zero-order valence-electron chi connectivity index (χ0n) is 14.5. The fraction of sp³-hybridized carbons (Fsp3) is 0. The van der Waals surface area contributed by atoms with Crippen molar-refractivity contribution in [1.29, 1.82) is 0 Å². The van der Waals surface area contributed by atoms with Gasteiger partial charge in [0.1, 0.15) is 17.0 Å². The lowest BCUT2D eigenvalue weighted by molar-refractivity contribution is 0.102. The predicted molar refractivity (Wildman–Crippen MR) is 107 cm³/mol. The van der Waals surface area contributed by atoms with E-state index in [1.165, 1.54) is 12.1 Å². The van der Waals surface area contributed by atoms with Crippen LogP contribution in [0.5, 0.6) is 0 Å². The van der Waals surface area contributed by atoms with E-state index in [9.17, 15) is 9.18 Å². The normalized spacial score (nSPS) is 11.6. The van der Waals surface area contributed by atoms with Gasteiger partial charge in [0.15, 0.2) is 0 Å². The quantitative estimate of drug-likeness (QED) is 0.485. The molecule has 28 heavy (non-hydrogen) atoms. The highest BCUT2D eigenvalue weighted by atomic mass is 35.5. The molecule has 0 radical (unpaired) electrons. The number of halogens is 2. The molecule has 0 unspecified atom stereocenters. The largest absolute Gasteiger partial charge is 0.438 e. The first kappa shape index (κ1) is 17.9. The van der Waals surface area contributed by atoms with Crippen LogP contribution in [0.4, 0.5) is 15.8 Å². The molecule has 0 aliphatic heterocycles. The first-order valence-electron chi connectivity index (χ1n) is 8.50. The van der Waals surface area contributed by atoms with Gasteiger partial charge >= 0.3 is 0 Å². The van der Waals surface area contributed by atoms with E-state index < -0.39 is 11.7 Å². The van der Waals surface area contributed by atoms with Crippen LogP contribution in [0.15, 0.2) is 88.3 Å². The summed E-state index contributed by atoms with van der Waals surface area (Å²) in [5.74, 6) is -1.07. The Bertz CT molecular complexity index is 1250. The Kier molecular flexibility index (Phi) is 4.91. The second-order valence-corrected chi connectivity index (χ2v) is 6.41. The van der Waals surface area contributed by atoms with Crippen molar-refractivity contribution < 1.29 is 13.6 Å². The molecular weight excluding hydrogens is 379 g/mol. The number of hydrogen-bond donors (Lipinski definition) is 1. The highest BCUT2D eigenvalue weighted by Gasteiger charge is 2.15. The third-order valence-corrected chi connectivity index (χ3v) is 4.42. The molecule has 0 aliphatic rings. The van der Waals surface area contributed by atoms with Crippen LogP contribution in [-0.4, -0.2) is 5.91 Å². The number of benzene rings is 3. The molecule has 0 atom stereocenters. The number of amides is 1. The van der Waals surface area contributed by atoms with Gasteiger partial charge in [0.25, 0.3) is 5.91 Å². The van der Waals surface area contributed by atoms with Crippen LogP contribution in [0.2, 0.25) is 5.02 Å². The monoisotopic (exact) mass is 392 g/mol. The molecule has 1 heterocycles. The molecule has 6 heteroatoms. The molecule has 1 amide bonds. The molecule has 4 nitrogen and oxygen atoms in total. The molecule has 0 saturated carbocycles.